The first kappa shape index (κ1) is 26.5. The van der Waals surface area contributed by atoms with Gasteiger partial charge in [-0.1, -0.05) is 48.7 Å². The highest BCUT2D eigenvalue weighted by Crippen LogP contribution is 2.42. The first-order chi connectivity index (χ1) is 17.7. The van der Waals surface area contributed by atoms with E-state index in [2.05, 4.69) is 5.32 Å². The smallest absolute Gasteiger partial charge is 0.341 e. The Morgan fingerprint density at radius 2 is 1.78 bits per heavy atom. The summed E-state index contributed by atoms with van der Waals surface area (Å²) in [6.07, 6.45) is 2.70. The summed E-state index contributed by atoms with van der Waals surface area (Å²) in [5.74, 6) is -2.07. The largest absolute Gasteiger partial charge is 0.462 e. The molecule has 194 valence electrons. The third-order valence-corrected chi connectivity index (χ3v) is 7.65. The Morgan fingerprint density at radius 3 is 2.46 bits per heavy atom. The predicted octanol–water partition coefficient (Wildman–Crippen LogP) is 6.34. The molecule has 4 rings (SSSR count). The lowest BCUT2D eigenvalue weighted by Crippen LogP contribution is -2.36. The maximum Gasteiger partial charge on any atom is 0.341 e. The summed E-state index contributed by atoms with van der Waals surface area (Å²) in [5, 5.41) is 4.86. The third-order valence-electron chi connectivity index (χ3n) is 6.76. The first-order valence-electron chi connectivity index (χ1n) is 12.3. The average molecular weight is 524 g/mol. The summed E-state index contributed by atoms with van der Waals surface area (Å²) in [6.45, 7) is 5.34. The number of ether oxygens (including phenoxy) is 2. The van der Waals surface area contributed by atoms with Gasteiger partial charge in [-0.2, -0.15) is 0 Å². The number of aryl methyl sites for hydroxylation is 2. The van der Waals surface area contributed by atoms with Gasteiger partial charge >= 0.3 is 11.9 Å². The average Bonchev–Trinajstić information content (AvgIpc) is 3.51. The molecule has 0 unspecified atom stereocenters. The van der Waals surface area contributed by atoms with E-state index >= 15 is 0 Å². The van der Waals surface area contributed by atoms with Crippen LogP contribution in [0.2, 0.25) is 0 Å². The van der Waals surface area contributed by atoms with Gasteiger partial charge in [0.1, 0.15) is 16.4 Å². The number of amides is 1. The monoisotopic (exact) mass is 523 g/mol. The highest BCUT2D eigenvalue weighted by atomic mass is 32.1. The summed E-state index contributed by atoms with van der Waals surface area (Å²) < 4.78 is 24.6. The van der Waals surface area contributed by atoms with Crippen molar-refractivity contribution in [3.8, 4) is 11.1 Å². The number of anilines is 1. The normalized spacial score (nSPS) is 14.3. The van der Waals surface area contributed by atoms with Crippen LogP contribution in [-0.4, -0.2) is 31.1 Å². The SMILES string of the molecule is CCOC(=O)c1c(-c2ccc(C)cc2C)csc1NC(=O)COC(=O)C1(c2cccc(F)c2)CCCC1. The molecule has 0 bridgehead atoms. The molecule has 6 nitrogen and oxygen atoms in total. The quantitative estimate of drug-likeness (QED) is 0.349. The van der Waals surface area contributed by atoms with E-state index in [0.717, 1.165) is 29.5 Å². The molecule has 8 heteroatoms. The fraction of sp³-hybridized carbons (Fsp3) is 0.345. The Morgan fingerprint density at radius 1 is 1.03 bits per heavy atom. The molecule has 3 aromatic rings. The Labute approximate surface area is 219 Å². The summed E-state index contributed by atoms with van der Waals surface area (Å²) >= 11 is 1.21. The highest BCUT2D eigenvalue weighted by molar-refractivity contribution is 7.15. The summed E-state index contributed by atoms with van der Waals surface area (Å²) in [7, 11) is 0. The van der Waals surface area contributed by atoms with Gasteiger partial charge in [0.2, 0.25) is 0 Å². The van der Waals surface area contributed by atoms with Crippen LogP contribution >= 0.6 is 11.3 Å². The van der Waals surface area contributed by atoms with Crippen molar-refractivity contribution < 1.29 is 28.2 Å². The number of thiophene rings is 1. The lowest BCUT2D eigenvalue weighted by Gasteiger charge is -2.27. The molecule has 1 aliphatic carbocycles. The van der Waals surface area contributed by atoms with Gasteiger partial charge in [-0.15, -0.1) is 11.3 Å². The van der Waals surface area contributed by atoms with Crippen LogP contribution in [0.1, 0.15) is 59.7 Å². The third kappa shape index (κ3) is 5.59. The molecule has 1 N–H and O–H groups in total. The molecule has 0 radical (unpaired) electrons. The minimum atomic E-state index is -0.961. The van der Waals surface area contributed by atoms with E-state index in [1.165, 1.54) is 23.5 Å². The zero-order valence-electron chi connectivity index (χ0n) is 21.2. The van der Waals surface area contributed by atoms with Gasteiger partial charge in [-0.3, -0.25) is 9.59 Å². The Kier molecular flexibility index (Phi) is 8.07. The number of rotatable bonds is 8. The molecule has 1 saturated carbocycles. The van der Waals surface area contributed by atoms with Crippen LogP contribution in [0.25, 0.3) is 11.1 Å². The molecule has 1 heterocycles. The van der Waals surface area contributed by atoms with Crippen molar-refractivity contribution in [3.05, 3.63) is 75.9 Å². The number of nitrogens with one attached hydrogen (secondary N) is 1. The van der Waals surface area contributed by atoms with Gasteiger partial charge in [-0.25, -0.2) is 9.18 Å². The molecule has 0 aliphatic heterocycles. The molecule has 0 atom stereocenters. The lowest BCUT2D eigenvalue weighted by atomic mass is 9.79. The molecular weight excluding hydrogens is 493 g/mol. The van der Waals surface area contributed by atoms with E-state index in [0.29, 0.717) is 29.0 Å². The van der Waals surface area contributed by atoms with Gasteiger partial charge in [0.05, 0.1) is 12.0 Å². The van der Waals surface area contributed by atoms with Crippen molar-refractivity contribution in [2.75, 3.05) is 18.5 Å². The zero-order chi connectivity index (χ0) is 26.6. The summed E-state index contributed by atoms with van der Waals surface area (Å²) in [4.78, 5) is 38.8. The topological polar surface area (TPSA) is 81.7 Å². The summed E-state index contributed by atoms with van der Waals surface area (Å²) in [5.41, 5.74) is 3.51. The number of esters is 2. The zero-order valence-corrected chi connectivity index (χ0v) is 22.0. The molecule has 2 aromatic carbocycles. The van der Waals surface area contributed by atoms with E-state index in [1.807, 2.05) is 37.4 Å². The second-order valence-electron chi connectivity index (χ2n) is 9.32. The van der Waals surface area contributed by atoms with E-state index in [1.54, 1.807) is 19.1 Å². The Hall–Kier alpha value is -3.52. The first-order valence-corrected chi connectivity index (χ1v) is 13.2. The Balaban J connectivity index is 1.52. The lowest BCUT2D eigenvalue weighted by molar-refractivity contribution is -0.153. The van der Waals surface area contributed by atoms with Crippen LogP contribution < -0.4 is 5.32 Å². The van der Waals surface area contributed by atoms with Gasteiger partial charge in [0, 0.05) is 10.9 Å². The van der Waals surface area contributed by atoms with Crippen LogP contribution in [0.15, 0.2) is 47.8 Å². The van der Waals surface area contributed by atoms with Crippen LogP contribution in [0.3, 0.4) is 0 Å². The number of carbonyl (C=O) groups is 3. The van der Waals surface area contributed by atoms with Gasteiger partial charge in [-0.05, 0) is 62.4 Å². The number of benzene rings is 2. The molecule has 1 fully saturated rings. The van der Waals surface area contributed by atoms with Crippen LogP contribution in [0, 0.1) is 19.7 Å². The molecule has 1 aliphatic rings. The molecule has 1 aromatic heterocycles. The van der Waals surface area contributed by atoms with Crippen molar-refractivity contribution in [1.82, 2.24) is 0 Å². The van der Waals surface area contributed by atoms with E-state index in [9.17, 15) is 18.8 Å². The molecule has 0 saturated heterocycles. The van der Waals surface area contributed by atoms with Crippen molar-refractivity contribution in [2.45, 2.75) is 51.9 Å². The van der Waals surface area contributed by atoms with E-state index in [4.69, 9.17) is 9.47 Å². The van der Waals surface area contributed by atoms with Crippen LogP contribution in [0.4, 0.5) is 9.39 Å². The second kappa shape index (κ2) is 11.3. The van der Waals surface area contributed by atoms with Crippen LogP contribution in [-0.2, 0) is 24.5 Å². The number of halogens is 1. The van der Waals surface area contributed by atoms with Crippen molar-refractivity contribution in [2.24, 2.45) is 0 Å². The number of carbonyl (C=O) groups excluding carboxylic acids is 3. The van der Waals surface area contributed by atoms with Crippen molar-refractivity contribution in [3.63, 3.8) is 0 Å². The minimum Gasteiger partial charge on any atom is -0.462 e. The minimum absolute atomic E-state index is 0.189. The van der Waals surface area contributed by atoms with Gasteiger partial charge in [0.25, 0.3) is 5.91 Å². The van der Waals surface area contributed by atoms with E-state index < -0.39 is 35.7 Å². The standard InChI is InChI=1S/C29H30FNO5S/c1-4-35-27(33)25-23(22-11-10-18(2)14-19(22)3)17-37-26(25)31-24(32)16-36-28(34)29(12-5-6-13-29)20-8-7-9-21(30)15-20/h7-11,14-15,17H,4-6,12-13,16H2,1-3H3,(H,31,32). The number of hydrogen-bond donors (Lipinski definition) is 1. The highest BCUT2D eigenvalue weighted by Gasteiger charge is 2.44. The maximum absolute atomic E-state index is 13.9. The molecule has 0 spiro atoms. The maximum atomic E-state index is 13.9. The predicted molar refractivity (Wildman–Crippen MR) is 141 cm³/mol. The molecule has 37 heavy (non-hydrogen) atoms. The van der Waals surface area contributed by atoms with Crippen molar-refractivity contribution >= 4 is 34.2 Å². The van der Waals surface area contributed by atoms with Gasteiger partial charge in [0.15, 0.2) is 6.61 Å². The molecule has 1 amide bonds. The summed E-state index contributed by atoms with van der Waals surface area (Å²) in [6, 6.07) is 11.9. The fourth-order valence-corrected chi connectivity index (χ4v) is 5.94. The molecular formula is C29H30FNO5S. The Bertz CT molecular complexity index is 1330. The second-order valence-corrected chi connectivity index (χ2v) is 10.2. The van der Waals surface area contributed by atoms with Crippen LogP contribution in [0.5, 0.6) is 0 Å². The van der Waals surface area contributed by atoms with E-state index in [-0.39, 0.29) is 12.2 Å². The van der Waals surface area contributed by atoms with Gasteiger partial charge < -0.3 is 14.8 Å². The number of hydrogen-bond acceptors (Lipinski definition) is 6. The van der Waals surface area contributed by atoms with Crippen molar-refractivity contribution in [1.29, 1.82) is 0 Å². The fourth-order valence-electron chi connectivity index (χ4n) is 4.98.